The molecule has 3 rings (SSSR count). The highest BCUT2D eigenvalue weighted by atomic mass is 19.4. The number of anilines is 1. The van der Waals surface area contributed by atoms with Crippen LogP contribution in [-0.4, -0.2) is 41.3 Å². The Kier molecular flexibility index (Phi) is 4.94. The van der Waals surface area contributed by atoms with E-state index in [4.69, 9.17) is 0 Å². The maximum atomic E-state index is 12.7. The van der Waals surface area contributed by atoms with Crippen molar-refractivity contribution in [2.45, 2.75) is 32.0 Å². The van der Waals surface area contributed by atoms with Crippen LogP contribution in [0.2, 0.25) is 0 Å². The molecular weight excluding hydrogens is 329 g/mol. The molecule has 1 aromatic carbocycles. The minimum absolute atomic E-state index is 0.337. The molecule has 1 unspecified atom stereocenters. The van der Waals surface area contributed by atoms with Crippen LogP contribution in [0, 0.1) is 6.92 Å². The first-order valence-electron chi connectivity index (χ1n) is 8.30. The highest BCUT2D eigenvalue weighted by Gasteiger charge is 2.30. The van der Waals surface area contributed by atoms with Gasteiger partial charge in [0.2, 0.25) is 0 Å². The maximum Gasteiger partial charge on any atom is 0.416 e. The average Bonchev–Trinajstić information content (AvgIpc) is 2.54. The second kappa shape index (κ2) is 7.00. The van der Waals surface area contributed by atoms with E-state index in [1.165, 1.54) is 12.1 Å². The number of hydrogen-bond acceptors (Lipinski definition) is 4. The minimum atomic E-state index is -4.33. The zero-order valence-corrected chi connectivity index (χ0v) is 14.3. The fourth-order valence-electron chi connectivity index (χ4n) is 3.15. The Bertz CT molecular complexity index is 728. The van der Waals surface area contributed by atoms with E-state index < -0.39 is 11.7 Å². The van der Waals surface area contributed by atoms with Gasteiger partial charge in [0.1, 0.15) is 5.82 Å². The molecule has 1 aliphatic rings. The van der Waals surface area contributed by atoms with Crippen molar-refractivity contribution in [1.82, 2.24) is 15.1 Å². The molecule has 2 aromatic rings. The highest BCUT2D eigenvalue weighted by molar-refractivity contribution is 5.64. The van der Waals surface area contributed by atoms with E-state index in [-0.39, 0.29) is 0 Å². The normalized spacial score (nSPS) is 19.0. The fourth-order valence-corrected chi connectivity index (χ4v) is 3.15. The molecule has 4 nitrogen and oxygen atoms in total. The molecule has 0 amide bonds. The zero-order valence-electron chi connectivity index (χ0n) is 14.3. The smallest absolute Gasteiger partial charge is 0.365 e. The lowest BCUT2D eigenvalue weighted by Crippen LogP contribution is -2.39. The van der Waals surface area contributed by atoms with Crippen LogP contribution >= 0.6 is 0 Å². The predicted octanol–water partition coefficient (Wildman–Crippen LogP) is 3.98. The molecule has 7 heteroatoms. The number of nitrogens with zero attached hydrogens (tertiary/aromatic N) is 3. The number of rotatable bonds is 3. The number of aryl methyl sites for hydroxylation is 1. The lowest BCUT2D eigenvalue weighted by Gasteiger charge is -2.30. The Morgan fingerprint density at radius 2 is 1.88 bits per heavy atom. The number of likely N-dealkylation sites (tertiary alicyclic amines) is 1. The number of benzene rings is 1. The molecule has 2 heterocycles. The topological polar surface area (TPSA) is 41.0 Å². The SMILES string of the molecule is Cc1cc(NC2CCCN(C)C2)nnc1-c1ccc(C(F)(F)F)cc1. The van der Waals surface area contributed by atoms with Gasteiger partial charge in [-0.25, -0.2) is 0 Å². The summed E-state index contributed by atoms with van der Waals surface area (Å²) in [5, 5.41) is 11.8. The molecule has 0 aliphatic carbocycles. The van der Waals surface area contributed by atoms with Gasteiger partial charge >= 0.3 is 6.18 Å². The average molecular weight is 350 g/mol. The molecule has 0 bridgehead atoms. The van der Waals surface area contributed by atoms with E-state index in [0.29, 0.717) is 23.1 Å². The lowest BCUT2D eigenvalue weighted by atomic mass is 10.0. The molecule has 1 N–H and O–H groups in total. The highest BCUT2D eigenvalue weighted by Crippen LogP contribution is 2.31. The van der Waals surface area contributed by atoms with E-state index in [1.54, 1.807) is 0 Å². The summed E-state index contributed by atoms with van der Waals surface area (Å²) in [6.07, 6.45) is -2.10. The Hall–Kier alpha value is -2.15. The summed E-state index contributed by atoms with van der Waals surface area (Å²) in [5.41, 5.74) is 1.44. The molecule has 1 fully saturated rings. The Labute approximate surface area is 145 Å². The number of hydrogen-bond donors (Lipinski definition) is 1. The molecule has 1 atom stereocenters. The third-order valence-electron chi connectivity index (χ3n) is 4.45. The summed E-state index contributed by atoms with van der Waals surface area (Å²) in [5.74, 6) is 0.702. The van der Waals surface area contributed by atoms with Gasteiger partial charge in [0, 0.05) is 18.2 Å². The van der Waals surface area contributed by atoms with Crippen molar-refractivity contribution in [3.63, 3.8) is 0 Å². The van der Waals surface area contributed by atoms with Crippen LogP contribution in [0.1, 0.15) is 24.0 Å². The lowest BCUT2D eigenvalue weighted by molar-refractivity contribution is -0.137. The number of aromatic nitrogens is 2. The van der Waals surface area contributed by atoms with Crippen LogP contribution in [0.5, 0.6) is 0 Å². The van der Waals surface area contributed by atoms with Gasteiger partial charge in [-0.05, 0) is 57.1 Å². The van der Waals surface area contributed by atoms with Crippen molar-refractivity contribution in [2.75, 3.05) is 25.5 Å². The van der Waals surface area contributed by atoms with E-state index >= 15 is 0 Å². The standard InChI is InChI=1S/C18H21F3N4/c1-12-10-16(22-15-4-3-9-25(2)11-15)23-24-17(12)13-5-7-14(8-6-13)18(19,20)21/h5-8,10,15H,3-4,9,11H2,1-2H3,(H,22,23). The summed E-state index contributed by atoms with van der Waals surface area (Å²) in [7, 11) is 2.10. The van der Waals surface area contributed by atoms with E-state index in [2.05, 4.69) is 27.5 Å². The summed E-state index contributed by atoms with van der Waals surface area (Å²) in [6.45, 7) is 3.96. The van der Waals surface area contributed by atoms with Gasteiger partial charge in [-0.2, -0.15) is 13.2 Å². The number of piperidine rings is 1. The number of halogens is 3. The third kappa shape index (κ3) is 4.28. The monoisotopic (exact) mass is 350 g/mol. The van der Waals surface area contributed by atoms with Crippen LogP contribution in [-0.2, 0) is 6.18 Å². The fraction of sp³-hybridized carbons (Fsp3) is 0.444. The number of nitrogens with one attached hydrogen (secondary N) is 1. The van der Waals surface area contributed by atoms with E-state index in [1.807, 2.05) is 13.0 Å². The Morgan fingerprint density at radius 1 is 1.16 bits per heavy atom. The molecule has 1 saturated heterocycles. The van der Waals surface area contributed by atoms with Gasteiger partial charge in [-0.15, -0.1) is 10.2 Å². The second-order valence-electron chi connectivity index (χ2n) is 6.58. The van der Waals surface area contributed by atoms with Gasteiger partial charge < -0.3 is 10.2 Å². The summed E-state index contributed by atoms with van der Waals surface area (Å²) in [6, 6.07) is 7.24. The van der Waals surface area contributed by atoms with Crippen LogP contribution in [0.4, 0.5) is 19.0 Å². The third-order valence-corrected chi connectivity index (χ3v) is 4.45. The second-order valence-corrected chi connectivity index (χ2v) is 6.58. The van der Waals surface area contributed by atoms with Crippen LogP contribution in [0.25, 0.3) is 11.3 Å². The molecule has 0 spiro atoms. The first-order valence-corrected chi connectivity index (χ1v) is 8.30. The number of likely N-dealkylation sites (N-methyl/N-ethyl adjacent to an activating group) is 1. The zero-order chi connectivity index (χ0) is 18.0. The first kappa shape index (κ1) is 17.7. The van der Waals surface area contributed by atoms with E-state index in [9.17, 15) is 13.2 Å². The van der Waals surface area contributed by atoms with Crippen molar-refractivity contribution in [1.29, 1.82) is 0 Å². The molecule has 0 radical (unpaired) electrons. The van der Waals surface area contributed by atoms with Gasteiger partial charge in [0.05, 0.1) is 11.3 Å². The molecule has 134 valence electrons. The van der Waals surface area contributed by atoms with Crippen LogP contribution in [0.3, 0.4) is 0 Å². The van der Waals surface area contributed by atoms with Crippen LogP contribution in [0.15, 0.2) is 30.3 Å². The van der Waals surface area contributed by atoms with Gasteiger partial charge in [0.25, 0.3) is 0 Å². The van der Waals surface area contributed by atoms with Crippen molar-refractivity contribution in [3.8, 4) is 11.3 Å². The van der Waals surface area contributed by atoms with Crippen molar-refractivity contribution < 1.29 is 13.2 Å². The Morgan fingerprint density at radius 3 is 2.48 bits per heavy atom. The van der Waals surface area contributed by atoms with Crippen LogP contribution < -0.4 is 5.32 Å². The van der Waals surface area contributed by atoms with Gasteiger partial charge in [-0.1, -0.05) is 12.1 Å². The summed E-state index contributed by atoms with van der Waals surface area (Å²) >= 11 is 0. The van der Waals surface area contributed by atoms with Crippen molar-refractivity contribution >= 4 is 5.82 Å². The van der Waals surface area contributed by atoms with E-state index in [0.717, 1.165) is 43.6 Å². The van der Waals surface area contributed by atoms with Crippen molar-refractivity contribution in [2.24, 2.45) is 0 Å². The predicted molar refractivity (Wildman–Crippen MR) is 91.3 cm³/mol. The first-order chi connectivity index (χ1) is 11.8. The molecular formula is C18H21F3N4. The molecule has 0 saturated carbocycles. The largest absolute Gasteiger partial charge is 0.416 e. The Balaban J connectivity index is 1.75. The van der Waals surface area contributed by atoms with Crippen molar-refractivity contribution in [3.05, 3.63) is 41.5 Å². The molecule has 1 aromatic heterocycles. The summed E-state index contributed by atoms with van der Waals surface area (Å²) in [4.78, 5) is 2.28. The molecule has 1 aliphatic heterocycles. The number of alkyl halides is 3. The quantitative estimate of drug-likeness (QED) is 0.909. The minimum Gasteiger partial charge on any atom is -0.365 e. The molecule has 25 heavy (non-hydrogen) atoms. The van der Waals surface area contributed by atoms with Gasteiger partial charge in [-0.3, -0.25) is 0 Å². The maximum absolute atomic E-state index is 12.7. The summed E-state index contributed by atoms with van der Waals surface area (Å²) < 4.78 is 38.0. The van der Waals surface area contributed by atoms with Gasteiger partial charge in [0.15, 0.2) is 0 Å².